The largest absolute Gasteiger partial charge is 0.444 e. The van der Waals surface area contributed by atoms with E-state index in [9.17, 15) is 18.0 Å². The summed E-state index contributed by atoms with van der Waals surface area (Å²) in [7, 11) is 0. The number of halogens is 4. The average Bonchev–Trinajstić information content (AvgIpc) is 2.76. The minimum atomic E-state index is -4.43. The Bertz CT molecular complexity index is 981. The second kappa shape index (κ2) is 10.3. The molecule has 1 saturated heterocycles. The molecule has 186 valence electrons. The van der Waals surface area contributed by atoms with Crippen molar-refractivity contribution in [3.05, 3.63) is 69.7 Å². The molecule has 1 fully saturated rings. The van der Waals surface area contributed by atoms with Gasteiger partial charge in [0.1, 0.15) is 5.60 Å². The second-order valence-corrected chi connectivity index (χ2v) is 10.8. The lowest BCUT2D eigenvalue weighted by Gasteiger charge is -2.42. The number of hydrogen-bond donors (Lipinski definition) is 0. The molecule has 2 aromatic rings. The average molecular weight is 542 g/mol. The fourth-order valence-electron chi connectivity index (χ4n) is 4.14. The molecule has 1 atom stereocenters. The van der Waals surface area contributed by atoms with Crippen molar-refractivity contribution in [3.63, 3.8) is 0 Å². The first kappa shape index (κ1) is 26.5. The lowest BCUT2D eigenvalue weighted by Crippen LogP contribution is -2.48. The van der Waals surface area contributed by atoms with Crippen molar-refractivity contribution in [1.29, 1.82) is 0 Å². The van der Waals surface area contributed by atoms with Crippen LogP contribution < -0.4 is 0 Å². The fraction of sp³-hybridized carbons (Fsp3) is 0.500. The van der Waals surface area contributed by atoms with Crippen molar-refractivity contribution < 1.29 is 27.4 Å². The van der Waals surface area contributed by atoms with Gasteiger partial charge in [-0.3, -0.25) is 0 Å². The standard InChI is InChI=1S/C26H31BrF3NO3/c1-18(19-14-21(26(28,29)30)16-22(27)15-19)33-17-25(20-8-6-5-7-9-20)10-12-31(13-11-25)23(32)34-24(2,3)4/h5-9,14-16,18H,10-13,17H2,1-4H3/t18-/m1/s1. The van der Waals surface area contributed by atoms with E-state index in [1.807, 2.05) is 51.1 Å². The minimum Gasteiger partial charge on any atom is -0.444 e. The number of hydrogen-bond acceptors (Lipinski definition) is 3. The van der Waals surface area contributed by atoms with Gasteiger partial charge in [-0.1, -0.05) is 46.3 Å². The molecule has 3 rings (SSSR count). The van der Waals surface area contributed by atoms with Crippen LogP contribution in [0.15, 0.2) is 53.0 Å². The minimum absolute atomic E-state index is 0.328. The Morgan fingerprint density at radius 2 is 1.71 bits per heavy atom. The van der Waals surface area contributed by atoms with Crippen LogP contribution in [-0.2, 0) is 21.1 Å². The summed E-state index contributed by atoms with van der Waals surface area (Å²) < 4.78 is 51.9. The third-order valence-corrected chi connectivity index (χ3v) is 6.54. The highest BCUT2D eigenvalue weighted by Crippen LogP contribution is 2.39. The summed E-state index contributed by atoms with van der Waals surface area (Å²) >= 11 is 3.18. The number of likely N-dealkylation sites (tertiary alicyclic amines) is 1. The molecule has 0 radical (unpaired) electrons. The van der Waals surface area contributed by atoms with Gasteiger partial charge in [0.2, 0.25) is 0 Å². The molecule has 1 aliphatic rings. The lowest BCUT2D eigenvalue weighted by molar-refractivity contribution is -0.137. The van der Waals surface area contributed by atoms with E-state index >= 15 is 0 Å². The zero-order valence-electron chi connectivity index (χ0n) is 19.9. The maximum absolute atomic E-state index is 13.3. The maximum Gasteiger partial charge on any atom is 0.416 e. The smallest absolute Gasteiger partial charge is 0.416 e. The van der Waals surface area contributed by atoms with E-state index in [-0.39, 0.29) is 11.5 Å². The van der Waals surface area contributed by atoms with Gasteiger partial charge in [0.05, 0.1) is 18.3 Å². The highest BCUT2D eigenvalue weighted by Gasteiger charge is 2.39. The number of benzene rings is 2. The molecule has 0 unspecified atom stereocenters. The topological polar surface area (TPSA) is 38.8 Å². The van der Waals surface area contributed by atoms with Crippen LogP contribution in [0.25, 0.3) is 0 Å². The summed E-state index contributed by atoms with van der Waals surface area (Å²) in [6.45, 7) is 8.62. The molecule has 0 saturated carbocycles. The van der Waals surface area contributed by atoms with Crippen molar-refractivity contribution in [2.75, 3.05) is 19.7 Å². The summed E-state index contributed by atoms with van der Waals surface area (Å²) in [6, 6.07) is 13.8. The quantitative estimate of drug-likeness (QED) is 0.393. The van der Waals surface area contributed by atoms with Gasteiger partial charge in [0.15, 0.2) is 0 Å². The van der Waals surface area contributed by atoms with Crippen LogP contribution >= 0.6 is 15.9 Å². The van der Waals surface area contributed by atoms with Crippen LogP contribution in [-0.4, -0.2) is 36.3 Å². The number of carbonyl (C=O) groups is 1. The predicted octanol–water partition coefficient (Wildman–Crippen LogP) is 7.51. The SMILES string of the molecule is C[C@@H](OCC1(c2ccccc2)CCN(C(=O)OC(C)(C)C)CC1)c1cc(Br)cc(C(F)(F)F)c1. The van der Waals surface area contributed by atoms with Gasteiger partial charge in [-0.2, -0.15) is 13.2 Å². The zero-order valence-corrected chi connectivity index (χ0v) is 21.5. The number of carbonyl (C=O) groups excluding carboxylic acids is 1. The molecule has 4 nitrogen and oxygen atoms in total. The summed E-state index contributed by atoms with van der Waals surface area (Å²) in [5, 5.41) is 0. The van der Waals surface area contributed by atoms with Gasteiger partial charge in [0.25, 0.3) is 0 Å². The first-order valence-corrected chi connectivity index (χ1v) is 12.1. The van der Waals surface area contributed by atoms with Gasteiger partial charge in [-0.05, 0) is 69.9 Å². The van der Waals surface area contributed by atoms with Crippen LogP contribution in [0.4, 0.5) is 18.0 Å². The number of amides is 1. The van der Waals surface area contributed by atoms with Crippen LogP contribution in [0.5, 0.6) is 0 Å². The Hall–Kier alpha value is -2.06. The second-order valence-electron chi connectivity index (χ2n) is 9.84. The summed E-state index contributed by atoms with van der Waals surface area (Å²) in [5.41, 5.74) is -0.0847. The molecule has 8 heteroatoms. The third-order valence-electron chi connectivity index (χ3n) is 6.08. The van der Waals surface area contributed by atoms with E-state index in [4.69, 9.17) is 9.47 Å². The first-order valence-electron chi connectivity index (χ1n) is 11.3. The molecule has 1 aliphatic heterocycles. The van der Waals surface area contributed by atoms with E-state index in [1.165, 1.54) is 0 Å². The van der Waals surface area contributed by atoms with Crippen molar-refractivity contribution >= 4 is 22.0 Å². The normalized spacial score (nSPS) is 17.4. The maximum atomic E-state index is 13.3. The summed E-state index contributed by atoms with van der Waals surface area (Å²) in [4.78, 5) is 14.2. The Morgan fingerprint density at radius 1 is 1.09 bits per heavy atom. The van der Waals surface area contributed by atoms with Crippen LogP contribution in [0.1, 0.15) is 63.3 Å². The number of alkyl halides is 3. The van der Waals surface area contributed by atoms with E-state index in [2.05, 4.69) is 15.9 Å². The number of piperidine rings is 1. The molecular formula is C26H31BrF3NO3. The Kier molecular flexibility index (Phi) is 8.03. The zero-order chi connectivity index (χ0) is 25.1. The molecule has 1 amide bonds. The monoisotopic (exact) mass is 541 g/mol. The van der Waals surface area contributed by atoms with Gasteiger partial charge in [-0.15, -0.1) is 0 Å². The van der Waals surface area contributed by atoms with Gasteiger partial charge in [0, 0.05) is 23.0 Å². The summed E-state index contributed by atoms with van der Waals surface area (Å²) in [6.07, 6.45) is -3.98. The predicted molar refractivity (Wildman–Crippen MR) is 129 cm³/mol. The van der Waals surface area contributed by atoms with Crippen LogP contribution in [0, 0.1) is 0 Å². The van der Waals surface area contributed by atoms with E-state index in [0.29, 0.717) is 42.6 Å². The Morgan fingerprint density at radius 3 is 2.26 bits per heavy atom. The first-order chi connectivity index (χ1) is 15.8. The molecule has 0 spiro atoms. The van der Waals surface area contributed by atoms with E-state index in [0.717, 1.165) is 17.7 Å². The molecule has 0 aromatic heterocycles. The van der Waals surface area contributed by atoms with Crippen molar-refractivity contribution in [3.8, 4) is 0 Å². The van der Waals surface area contributed by atoms with Crippen LogP contribution in [0.2, 0.25) is 0 Å². The van der Waals surface area contributed by atoms with Crippen molar-refractivity contribution in [2.24, 2.45) is 0 Å². The van der Waals surface area contributed by atoms with E-state index < -0.39 is 23.4 Å². The summed E-state index contributed by atoms with van der Waals surface area (Å²) in [5.74, 6) is 0. The third kappa shape index (κ3) is 6.75. The Labute approximate surface area is 207 Å². The fourth-order valence-corrected chi connectivity index (χ4v) is 4.65. The number of rotatable bonds is 5. The van der Waals surface area contributed by atoms with E-state index in [1.54, 1.807) is 17.9 Å². The number of ether oxygens (including phenoxy) is 2. The van der Waals surface area contributed by atoms with Gasteiger partial charge >= 0.3 is 12.3 Å². The van der Waals surface area contributed by atoms with Gasteiger partial charge in [-0.25, -0.2) is 4.79 Å². The molecular weight excluding hydrogens is 511 g/mol. The van der Waals surface area contributed by atoms with Crippen molar-refractivity contribution in [1.82, 2.24) is 4.90 Å². The van der Waals surface area contributed by atoms with Gasteiger partial charge < -0.3 is 14.4 Å². The molecule has 1 heterocycles. The highest BCUT2D eigenvalue weighted by atomic mass is 79.9. The molecule has 0 aliphatic carbocycles. The van der Waals surface area contributed by atoms with Crippen molar-refractivity contribution in [2.45, 2.75) is 63.8 Å². The Balaban J connectivity index is 1.76. The molecule has 0 bridgehead atoms. The highest BCUT2D eigenvalue weighted by molar-refractivity contribution is 9.10. The molecule has 34 heavy (non-hydrogen) atoms. The number of nitrogens with zero attached hydrogens (tertiary/aromatic N) is 1. The lowest BCUT2D eigenvalue weighted by atomic mass is 9.73. The molecule has 0 N–H and O–H groups in total. The molecule has 2 aromatic carbocycles. The van der Waals surface area contributed by atoms with Crippen LogP contribution in [0.3, 0.4) is 0 Å².